The van der Waals surface area contributed by atoms with Gasteiger partial charge in [0.1, 0.15) is 0 Å². The van der Waals surface area contributed by atoms with Crippen molar-refractivity contribution in [2.24, 2.45) is 5.73 Å². The third kappa shape index (κ3) is 8.96. The lowest BCUT2D eigenvalue weighted by Gasteiger charge is -2.18. The van der Waals surface area contributed by atoms with Crippen molar-refractivity contribution >= 4 is 16.0 Å². The largest absolute Gasteiger partial charge is 0.490 e. The van der Waals surface area contributed by atoms with Gasteiger partial charge in [-0.05, 0) is 31.4 Å². The molecule has 0 aliphatic rings. The van der Waals surface area contributed by atoms with Crippen molar-refractivity contribution in [2.75, 3.05) is 25.6 Å². The van der Waals surface area contributed by atoms with Gasteiger partial charge >= 0.3 is 0 Å². The maximum atomic E-state index is 11.6. The van der Waals surface area contributed by atoms with Gasteiger partial charge in [-0.15, -0.1) is 0 Å². The Balaban J connectivity index is 3.06. The summed E-state index contributed by atoms with van der Waals surface area (Å²) in [6.07, 6.45) is 3.63. The summed E-state index contributed by atoms with van der Waals surface area (Å²) in [5, 5.41) is 0. The number of carbonyl (C=O) groups is 1. The molecule has 1 rings (SSSR count). The van der Waals surface area contributed by atoms with Crippen LogP contribution >= 0.6 is 0 Å². The third-order valence-corrected chi connectivity index (χ3v) is 4.41. The van der Waals surface area contributed by atoms with Crippen LogP contribution in [0.5, 0.6) is 17.2 Å². The van der Waals surface area contributed by atoms with Crippen molar-refractivity contribution in [3.63, 3.8) is 0 Å². The van der Waals surface area contributed by atoms with Crippen molar-refractivity contribution in [2.45, 2.75) is 46.0 Å². The smallest absolute Gasteiger partial charge is 0.264 e. The predicted octanol–water partition coefficient (Wildman–Crippen LogP) is 2.80. The normalized spacial score (nSPS) is 11.2. The van der Waals surface area contributed by atoms with Crippen LogP contribution in [0.25, 0.3) is 0 Å². The highest BCUT2D eigenvalue weighted by molar-refractivity contribution is 7.85. The molecule has 0 aliphatic carbocycles. The second kappa shape index (κ2) is 11.7. The fourth-order valence-corrected chi connectivity index (χ4v) is 2.63. The molecule has 27 heavy (non-hydrogen) atoms. The monoisotopic (exact) mass is 403 g/mol. The van der Waals surface area contributed by atoms with Gasteiger partial charge in [-0.1, -0.05) is 26.7 Å². The zero-order valence-electron chi connectivity index (χ0n) is 15.9. The Labute approximate surface area is 160 Å². The molecule has 0 fully saturated rings. The Bertz CT molecular complexity index is 704. The second-order valence-electron chi connectivity index (χ2n) is 6.06. The topological polar surface area (TPSA) is 125 Å². The molecule has 0 aromatic heterocycles. The van der Waals surface area contributed by atoms with Gasteiger partial charge in [0.25, 0.3) is 10.1 Å². The number of ether oxygens (including phenoxy) is 3. The highest BCUT2D eigenvalue weighted by Crippen LogP contribution is 2.39. The molecule has 1 amide bonds. The number of benzene rings is 1. The summed E-state index contributed by atoms with van der Waals surface area (Å²) in [6.45, 7) is 4.97. The van der Waals surface area contributed by atoms with Crippen molar-refractivity contribution in [1.29, 1.82) is 0 Å². The molecule has 9 heteroatoms. The standard InChI is InChI=1S/C18H29NO7S/c1-3-5-8-24-15-12-14(18(19)20)13-16(17(15)26-9-6-4-2)25-10-7-11-27(21,22)23/h12-13H,3-11H2,1-2H3,(H2,19,20)(H,21,22,23). The van der Waals surface area contributed by atoms with Gasteiger partial charge < -0.3 is 19.9 Å². The molecule has 0 saturated carbocycles. The van der Waals surface area contributed by atoms with Crippen LogP contribution < -0.4 is 19.9 Å². The molecule has 1 aromatic carbocycles. The highest BCUT2D eigenvalue weighted by atomic mass is 32.2. The minimum absolute atomic E-state index is 0.0144. The van der Waals surface area contributed by atoms with Gasteiger partial charge in [0.2, 0.25) is 11.7 Å². The first-order chi connectivity index (χ1) is 12.8. The van der Waals surface area contributed by atoms with Gasteiger partial charge in [0, 0.05) is 5.56 Å². The van der Waals surface area contributed by atoms with E-state index < -0.39 is 21.8 Å². The molecule has 0 spiro atoms. The summed E-state index contributed by atoms with van der Waals surface area (Å²) in [4.78, 5) is 11.6. The maximum Gasteiger partial charge on any atom is 0.264 e. The van der Waals surface area contributed by atoms with Crippen LogP contribution in [-0.4, -0.2) is 44.5 Å². The molecule has 0 aliphatic heterocycles. The zero-order valence-corrected chi connectivity index (χ0v) is 16.7. The van der Waals surface area contributed by atoms with Crippen molar-refractivity contribution in [1.82, 2.24) is 0 Å². The van der Waals surface area contributed by atoms with E-state index in [1.165, 1.54) is 12.1 Å². The van der Waals surface area contributed by atoms with Crippen LogP contribution in [0.4, 0.5) is 0 Å². The first-order valence-corrected chi connectivity index (χ1v) is 10.7. The van der Waals surface area contributed by atoms with E-state index in [1.807, 2.05) is 13.8 Å². The molecule has 0 heterocycles. The number of carbonyl (C=O) groups excluding carboxylic acids is 1. The molecule has 154 valence electrons. The molecule has 8 nitrogen and oxygen atoms in total. The van der Waals surface area contributed by atoms with E-state index >= 15 is 0 Å². The lowest BCUT2D eigenvalue weighted by atomic mass is 10.1. The van der Waals surface area contributed by atoms with Gasteiger partial charge in [-0.25, -0.2) is 0 Å². The van der Waals surface area contributed by atoms with Crippen molar-refractivity contribution < 1.29 is 32.0 Å². The van der Waals surface area contributed by atoms with Gasteiger partial charge in [0.05, 0.1) is 25.6 Å². The Morgan fingerprint density at radius 1 is 0.963 bits per heavy atom. The molecule has 1 aromatic rings. The summed E-state index contributed by atoms with van der Waals surface area (Å²) in [7, 11) is -4.06. The number of nitrogens with two attached hydrogens (primary N) is 1. The highest BCUT2D eigenvalue weighted by Gasteiger charge is 2.18. The van der Waals surface area contributed by atoms with E-state index in [9.17, 15) is 13.2 Å². The summed E-state index contributed by atoms with van der Waals surface area (Å²) >= 11 is 0. The van der Waals surface area contributed by atoms with E-state index in [2.05, 4.69) is 0 Å². The SMILES string of the molecule is CCCCOc1cc(C(N)=O)cc(OCCCS(=O)(=O)O)c1OCCCC. The van der Waals surface area contributed by atoms with Gasteiger partial charge in [0.15, 0.2) is 11.5 Å². The quantitative estimate of drug-likeness (QED) is 0.361. The van der Waals surface area contributed by atoms with Gasteiger partial charge in [-0.3, -0.25) is 9.35 Å². The fraction of sp³-hybridized carbons (Fsp3) is 0.611. The lowest BCUT2D eigenvalue weighted by molar-refractivity contribution is 0.0999. The van der Waals surface area contributed by atoms with Crippen LogP contribution in [0.15, 0.2) is 12.1 Å². The van der Waals surface area contributed by atoms with Crippen LogP contribution in [0.3, 0.4) is 0 Å². The number of hydrogen-bond acceptors (Lipinski definition) is 6. The Kier molecular flexibility index (Phi) is 9.95. The number of hydrogen-bond donors (Lipinski definition) is 2. The Hall–Kier alpha value is -2.00. The molecule has 0 saturated heterocycles. The minimum Gasteiger partial charge on any atom is -0.490 e. The lowest BCUT2D eigenvalue weighted by Crippen LogP contribution is -2.14. The average molecular weight is 403 g/mol. The first kappa shape index (κ1) is 23.0. The van der Waals surface area contributed by atoms with Crippen LogP contribution in [0, 0.1) is 0 Å². The van der Waals surface area contributed by atoms with E-state index in [0.29, 0.717) is 24.7 Å². The average Bonchev–Trinajstić information content (AvgIpc) is 2.59. The summed E-state index contributed by atoms with van der Waals surface area (Å²) < 4.78 is 47.6. The second-order valence-corrected chi connectivity index (χ2v) is 7.63. The Morgan fingerprint density at radius 2 is 1.44 bits per heavy atom. The number of rotatable bonds is 14. The molecule has 0 unspecified atom stereocenters. The fourth-order valence-electron chi connectivity index (χ4n) is 2.14. The molecular formula is C18H29NO7S. The zero-order chi connectivity index (χ0) is 20.3. The van der Waals surface area contributed by atoms with Crippen molar-refractivity contribution in [3.05, 3.63) is 17.7 Å². The van der Waals surface area contributed by atoms with E-state index in [0.717, 1.165) is 25.7 Å². The number of unbranched alkanes of at least 4 members (excludes halogenated alkanes) is 2. The molecular weight excluding hydrogens is 374 g/mol. The minimum atomic E-state index is -4.06. The molecule has 3 N–H and O–H groups in total. The number of amides is 1. The molecule has 0 radical (unpaired) electrons. The number of primary amides is 1. The van der Waals surface area contributed by atoms with E-state index in [1.54, 1.807) is 0 Å². The van der Waals surface area contributed by atoms with Crippen LogP contribution in [-0.2, 0) is 10.1 Å². The molecule has 0 atom stereocenters. The van der Waals surface area contributed by atoms with E-state index in [4.69, 9.17) is 24.5 Å². The van der Waals surface area contributed by atoms with E-state index in [-0.39, 0.29) is 24.3 Å². The third-order valence-electron chi connectivity index (χ3n) is 3.61. The summed E-state index contributed by atoms with van der Waals surface area (Å²) in [5.41, 5.74) is 5.59. The van der Waals surface area contributed by atoms with Crippen LogP contribution in [0.2, 0.25) is 0 Å². The van der Waals surface area contributed by atoms with Crippen LogP contribution in [0.1, 0.15) is 56.3 Å². The summed E-state index contributed by atoms with van der Waals surface area (Å²) in [6, 6.07) is 2.97. The Morgan fingerprint density at radius 3 is 1.89 bits per heavy atom. The summed E-state index contributed by atoms with van der Waals surface area (Å²) in [5.74, 6) is -0.0893. The van der Waals surface area contributed by atoms with Crippen molar-refractivity contribution in [3.8, 4) is 17.2 Å². The van der Waals surface area contributed by atoms with Gasteiger partial charge in [-0.2, -0.15) is 8.42 Å². The molecule has 0 bridgehead atoms. The predicted molar refractivity (Wildman–Crippen MR) is 102 cm³/mol. The first-order valence-electron chi connectivity index (χ1n) is 9.09. The maximum absolute atomic E-state index is 11.6.